The summed E-state index contributed by atoms with van der Waals surface area (Å²) >= 11 is 0. The first-order valence-corrected chi connectivity index (χ1v) is 22.8. The van der Waals surface area contributed by atoms with Crippen LogP contribution in [0.1, 0.15) is 54.2 Å². The highest BCUT2D eigenvalue weighted by molar-refractivity contribution is 6.10. The van der Waals surface area contributed by atoms with Gasteiger partial charge >= 0.3 is 0 Å². The van der Waals surface area contributed by atoms with Gasteiger partial charge < -0.3 is 19.0 Å². The predicted molar refractivity (Wildman–Crippen MR) is 266 cm³/mol. The Bertz CT molecular complexity index is 3150. The zero-order valence-corrected chi connectivity index (χ0v) is 35.6. The molecular weight excluding hydrogens is 781 g/mol. The lowest BCUT2D eigenvalue weighted by Crippen LogP contribution is -2.32. The number of ether oxygens (including phenoxy) is 1. The van der Waals surface area contributed by atoms with Crippen molar-refractivity contribution in [3.05, 3.63) is 235 Å². The molecule has 0 amide bonds. The third-order valence-corrected chi connectivity index (χ3v) is 13.6. The maximum atomic E-state index is 6.67. The summed E-state index contributed by atoms with van der Waals surface area (Å²) in [6.45, 7) is 0. The van der Waals surface area contributed by atoms with Gasteiger partial charge in [0.25, 0.3) is 0 Å². The van der Waals surface area contributed by atoms with E-state index in [4.69, 9.17) is 9.15 Å². The highest BCUT2D eigenvalue weighted by Gasteiger charge is 2.36. The van der Waals surface area contributed by atoms with Gasteiger partial charge in [-0.1, -0.05) is 158 Å². The van der Waals surface area contributed by atoms with Crippen LogP contribution in [0.4, 0.5) is 28.4 Å². The van der Waals surface area contributed by atoms with E-state index in [-0.39, 0.29) is 12.0 Å². The topological polar surface area (TPSA) is 28.9 Å². The van der Waals surface area contributed by atoms with Crippen LogP contribution in [-0.4, -0.2) is 12.1 Å². The van der Waals surface area contributed by atoms with Gasteiger partial charge in [-0.15, -0.1) is 0 Å². The lowest BCUT2D eigenvalue weighted by Gasteiger charge is -2.35. The van der Waals surface area contributed by atoms with E-state index >= 15 is 0 Å². The number of allylic oxidation sites excluding steroid dienone is 7. The smallest absolute Gasteiger partial charge is 0.159 e. The Morgan fingerprint density at radius 2 is 1.23 bits per heavy atom. The molecule has 4 atom stereocenters. The third-order valence-electron chi connectivity index (χ3n) is 13.6. The maximum absolute atomic E-state index is 6.67. The molecule has 64 heavy (non-hydrogen) atoms. The Kier molecular flexibility index (Phi) is 9.71. The second-order valence-corrected chi connectivity index (χ2v) is 17.4. The number of fused-ring (bicyclic) bond motifs is 6. The Balaban J connectivity index is 0.758. The minimum absolute atomic E-state index is 0.0658. The van der Waals surface area contributed by atoms with Gasteiger partial charge in [0.1, 0.15) is 17.4 Å². The van der Waals surface area contributed by atoms with Crippen molar-refractivity contribution < 1.29 is 9.15 Å². The average Bonchev–Trinajstić information content (AvgIpc) is 3.95. The van der Waals surface area contributed by atoms with Gasteiger partial charge in [-0.2, -0.15) is 0 Å². The molecule has 1 aromatic heterocycles. The van der Waals surface area contributed by atoms with Crippen molar-refractivity contribution in [2.24, 2.45) is 0 Å². The molecule has 8 aromatic rings. The fraction of sp³-hybridized carbons (Fsp3) is 0.133. The molecule has 2 heterocycles. The first kappa shape index (κ1) is 38.1. The number of para-hydroxylation sites is 4. The molecule has 7 aromatic carbocycles. The van der Waals surface area contributed by atoms with Crippen LogP contribution in [0.5, 0.6) is 5.75 Å². The van der Waals surface area contributed by atoms with Crippen LogP contribution in [0.15, 0.2) is 223 Å². The Hall–Kier alpha value is -7.56. The van der Waals surface area contributed by atoms with Gasteiger partial charge in [-0.05, 0) is 114 Å². The summed E-state index contributed by atoms with van der Waals surface area (Å²) in [4.78, 5) is 4.83. The molecule has 0 N–H and O–H groups in total. The molecule has 4 nitrogen and oxygen atoms in total. The van der Waals surface area contributed by atoms with E-state index in [1.165, 1.54) is 44.8 Å². The van der Waals surface area contributed by atoms with Crippen LogP contribution < -0.4 is 14.5 Å². The van der Waals surface area contributed by atoms with Crippen molar-refractivity contribution in [3.63, 3.8) is 0 Å². The molecule has 0 radical (unpaired) electrons. The second-order valence-electron chi connectivity index (χ2n) is 17.4. The van der Waals surface area contributed by atoms with Gasteiger partial charge in [-0.3, -0.25) is 0 Å². The van der Waals surface area contributed by atoms with Gasteiger partial charge in [0.05, 0.1) is 11.4 Å². The van der Waals surface area contributed by atoms with Gasteiger partial charge in [-0.25, -0.2) is 0 Å². The van der Waals surface area contributed by atoms with Gasteiger partial charge in [0.2, 0.25) is 0 Å². The highest BCUT2D eigenvalue weighted by atomic mass is 16.5. The summed E-state index contributed by atoms with van der Waals surface area (Å²) < 4.78 is 13.2. The lowest BCUT2D eigenvalue weighted by molar-refractivity contribution is 0.269. The van der Waals surface area contributed by atoms with Crippen LogP contribution in [0.3, 0.4) is 0 Å². The monoisotopic (exact) mass is 828 g/mol. The molecular formula is C60H48N2O2. The van der Waals surface area contributed by atoms with E-state index < -0.39 is 0 Å². The number of rotatable bonds is 9. The molecule has 1 aliphatic heterocycles. The van der Waals surface area contributed by atoms with E-state index in [0.29, 0.717) is 12.0 Å². The summed E-state index contributed by atoms with van der Waals surface area (Å²) in [6.07, 6.45) is 24.7. The number of furan rings is 1. The first-order valence-electron chi connectivity index (χ1n) is 22.8. The van der Waals surface area contributed by atoms with E-state index in [1.807, 2.05) is 12.1 Å². The number of hydrogen-bond donors (Lipinski definition) is 0. The fourth-order valence-corrected chi connectivity index (χ4v) is 10.3. The average molecular weight is 829 g/mol. The molecule has 0 saturated heterocycles. The maximum Gasteiger partial charge on any atom is 0.159 e. The zero-order chi connectivity index (χ0) is 42.4. The molecule has 4 unspecified atom stereocenters. The van der Waals surface area contributed by atoms with Crippen molar-refractivity contribution >= 4 is 55.9 Å². The first-order chi connectivity index (χ1) is 31.7. The molecule has 0 fully saturated rings. The van der Waals surface area contributed by atoms with Crippen molar-refractivity contribution in [2.75, 3.05) is 9.80 Å². The quantitative estimate of drug-likeness (QED) is 0.136. The highest BCUT2D eigenvalue weighted by Crippen LogP contribution is 2.50. The number of hydrogen-bond acceptors (Lipinski definition) is 4. The number of nitrogens with zero attached hydrogens (tertiary/aromatic N) is 2. The summed E-state index contributed by atoms with van der Waals surface area (Å²) in [7, 11) is 0. The molecule has 0 bridgehead atoms. The number of benzene rings is 7. The lowest BCUT2D eigenvalue weighted by atomic mass is 9.87. The van der Waals surface area contributed by atoms with Crippen molar-refractivity contribution in [3.8, 4) is 16.9 Å². The largest absolute Gasteiger partial charge is 0.483 e. The van der Waals surface area contributed by atoms with Crippen LogP contribution >= 0.6 is 0 Å². The van der Waals surface area contributed by atoms with Crippen LogP contribution in [-0.2, 0) is 0 Å². The molecule has 12 rings (SSSR count). The predicted octanol–water partition coefficient (Wildman–Crippen LogP) is 16.1. The Morgan fingerprint density at radius 3 is 2.03 bits per heavy atom. The Labute approximate surface area is 375 Å². The summed E-state index contributed by atoms with van der Waals surface area (Å²) in [5.74, 6) is 1.64. The molecule has 310 valence electrons. The molecule has 4 aliphatic rings. The van der Waals surface area contributed by atoms with Gasteiger partial charge in [0.15, 0.2) is 5.58 Å². The van der Waals surface area contributed by atoms with Crippen molar-refractivity contribution in [1.82, 2.24) is 0 Å². The molecule has 4 heteroatoms. The van der Waals surface area contributed by atoms with Crippen LogP contribution in [0.2, 0.25) is 0 Å². The number of anilines is 5. The third kappa shape index (κ3) is 6.87. The zero-order valence-electron chi connectivity index (χ0n) is 35.6. The van der Waals surface area contributed by atoms with Crippen molar-refractivity contribution in [2.45, 2.75) is 49.7 Å². The normalized spacial score (nSPS) is 19.6. The summed E-state index contributed by atoms with van der Waals surface area (Å²) in [5.41, 5.74) is 14.9. The van der Waals surface area contributed by atoms with E-state index in [9.17, 15) is 0 Å². The SMILES string of the molecule is C1=CC2Oc3c(cccc3N(c3ccc(C4=CCC(c5ccc(-c6ccc(N(c7ccccc7)c7cccc8c7oc7ccccc78)cc6)cc5)C=C4)cc3)C3CC=CCC3)C2C=C1. The van der Waals surface area contributed by atoms with E-state index in [0.717, 1.165) is 70.4 Å². The minimum Gasteiger partial charge on any atom is -0.483 e. The summed E-state index contributed by atoms with van der Waals surface area (Å²) in [6, 6.07) is 59.5. The Morgan fingerprint density at radius 1 is 0.531 bits per heavy atom. The molecule has 3 aliphatic carbocycles. The van der Waals surface area contributed by atoms with E-state index in [1.54, 1.807) is 0 Å². The van der Waals surface area contributed by atoms with Crippen molar-refractivity contribution in [1.29, 1.82) is 0 Å². The fourth-order valence-electron chi connectivity index (χ4n) is 10.3. The van der Waals surface area contributed by atoms with Crippen LogP contribution in [0, 0.1) is 0 Å². The molecule has 0 saturated carbocycles. The standard InChI is InChI=1S/C60H48N2O2/c1-3-13-47(14-4-1)61(55-21-11-19-53-51-17-7-9-23-57(51)63-59(53)55)49-37-33-45(34-38-49)43-29-25-41(26-30-43)42-27-31-44(32-28-42)46-35-39-50(40-36-46)62(48-15-5-2-6-16-48)56-22-12-20-54-52-18-8-10-24-58(52)64-60(54)56/h1-5,7-14,17-27,29-40,42,48,52,58H,6,15-16,28H2. The summed E-state index contributed by atoms with van der Waals surface area (Å²) in [5, 5.41) is 2.24. The minimum atomic E-state index is 0.0658. The van der Waals surface area contributed by atoms with E-state index in [2.05, 4.69) is 216 Å². The second kappa shape index (κ2) is 16.3. The van der Waals surface area contributed by atoms with Gasteiger partial charge in [0, 0.05) is 51.3 Å². The van der Waals surface area contributed by atoms with Crippen LogP contribution in [0.25, 0.3) is 38.6 Å². The molecule has 0 spiro atoms.